The number of para-hydroxylation sites is 3. The van der Waals surface area contributed by atoms with E-state index in [1.807, 2.05) is 49.3 Å². The lowest BCUT2D eigenvalue weighted by Crippen LogP contribution is -2.38. The van der Waals surface area contributed by atoms with Gasteiger partial charge in [0.2, 0.25) is 5.82 Å². The van der Waals surface area contributed by atoms with E-state index in [9.17, 15) is 34.8 Å². The summed E-state index contributed by atoms with van der Waals surface area (Å²) >= 11 is 0. The largest absolute Gasteiger partial charge is 0.393 e. The van der Waals surface area contributed by atoms with Gasteiger partial charge in [0.1, 0.15) is 5.69 Å². The molecule has 0 aliphatic carbocycles. The predicted octanol–water partition coefficient (Wildman–Crippen LogP) is 8.39. The maximum absolute atomic E-state index is 12.4. The molecule has 14 nitrogen and oxygen atoms in total. The van der Waals surface area contributed by atoms with E-state index in [2.05, 4.69) is 65.7 Å². The van der Waals surface area contributed by atoms with Crippen LogP contribution in [0.15, 0.2) is 122 Å². The molecule has 2 fully saturated rings. The van der Waals surface area contributed by atoms with Crippen molar-refractivity contribution < 1.29 is 24.5 Å². The first kappa shape index (κ1) is 44.1. The number of nitrogens with one attached hydrogen (secondary N) is 1. The molecule has 10 rings (SSSR count). The molecule has 2 saturated heterocycles. The highest BCUT2D eigenvalue weighted by Gasteiger charge is 2.35. The van der Waals surface area contributed by atoms with Crippen molar-refractivity contribution in [2.45, 2.75) is 62.8 Å². The molecular weight excluding hydrogens is 815 g/mol. The maximum atomic E-state index is 12.4. The van der Waals surface area contributed by atoms with Gasteiger partial charge in [-0.25, -0.2) is 9.97 Å². The molecule has 0 radical (unpaired) electrons. The molecule has 4 unspecified atom stereocenters. The monoisotopic (exact) mass is 864 g/mol. The molecule has 0 amide bonds. The van der Waals surface area contributed by atoms with Crippen molar-refractivity contribution in [3.8, 4) is 22.5 Å². The lowest BCUT2D eigenvalue weighted by molar-refractivity contribution is -0.387. The number of aromatic nitrogens is 4. The molecule has 6 heterocycles. The Kier molecular flexibility index (Phi) is 14.1. The van der Waals surface area contributed by atoms with E-state index in [1.165, 1.54) is 40.1 Å². The minimum Gasteiger partial charge on any atom is -0.393 e. The fourth-order valence-electron chi connectivity index (χ4n) is 9.43. The van der Waals surface area contributed by atoms with Gasteiger partial charge in [0.15, 0.2) is 0 Å². The zero-order chi connectivity index (χ0) is 42.5. The summed E-state index contributed by atoms with van der Waals surface area (Å²) in [4.78, 5) is 30.9. The lowest BCUT2D eigenvalue weighted by atomic mass is 9.86. The fourth-order valence-corrected chi connectivity index (χ4v) is 9.43. The number of nitrogens with zero attached hydrogens (tertiary/aromatic N) is 7. The van der Waals surface area contributed by atoms with Gasteiger partial charge in [-0.05, 0) is 86.7 Å². The number of hydrogen-bond acceptors (Lipinski definition) is 10. The highest BCUT2D eigenvalue weighted by Crippen LogP contribution is 2.44. The smallest absolute Gasteiger partial charge is 0.304 e. The molecule has 2 aromatic heterocycles. The predicted molar refractivity (Wildman–Crippen MR) is 237 cm³/mol. The summed E-state index contributed by atoms with van der Waals surface area (Å²) in [5.41, 5.74) is 7.63. The van der Waals surface area contributed by atoms with Gasteiger partial charge in [-0.2, -0.15) is 4.39 Å². The van der Waals surface area contributed by atoms with Crippen LogP contribution in [0.5, 0.6) is 0 Å². The standard InChI is InChI=1S/C23H24N4O3.C17H21N3O.C6H4FNO2.ClH/c28-23(13-21-17-5-1-2-6-18(17)22-14-24-15-26(21)22)16-9-11-25(12-10-16)19-7-3-4-8-20(19)27(29)30;21-17(12-5-7-18-8-6-12)9-15-13-3-1-2-4-14(13)16-10-19-11-20(15)16;7-5-3-1-2-4-6(5)8(9)10;/h1-8,14-16,21,23,28H,9-13H2;1-4,10-12,15,17-18,21H,5-9H2;1-4H;1H. The van der Waals surface area contributed by atoms with Crippen LogP contribution in [-0.4, -0.2) is 77.5 Å². The Bertz CT molecular complexity index is 2470. The average Bonchev–Trinajstić information content (AvgIpc) is 4.09. The number of rotatable bonds is 9. The third-order valence-electron chi connectivity index (χ3n) is 12.6. The minimum absolute atomic E-state index is 0. The van der Waals surface area contributed by atoms with E-state index in [1.54, 1.807) is 12.1 Å². The number of aliphatic hydroxyl groups excluding tert-OH is 2. The molecule has 62 heavy (non-hydrogen) atoms. The van der Waals surface area contributed by atoms with Crippen LogP contribution in [0.4, 0.5) is 21.5 Å². The number of fused-ring (bicyclic) bond motifs is 6. The van der Waals surface area contributed by atoms with Crippen LogP contribution < -0.4 is 10.2 Å². The first-order valence-electron chi connectivity index (χ1n) is 20.9. The molecule has 0 saturated carbocycles. The van der Waals surface area contributed by atoms with E-state index in [0.717, 1.165) is 63.0 Å². The molecule has 0 spiro atoms. The number of nitro benzene ring substituents is 2. The zero-order valence-electron chi connectivity index (χ0n) is 34.0. The van der Waals surface area contributed by atoms with Gasteiger partial charge in [0, 0.05) is 36.3 Å². The van der Waals surface area contributed by atoms with Crippen molar-refractivity contribution in [1.29, 1.82) is 0 Å². The van der Waals surface area contributed by atoms with Crippen LogP contribution in [0.1, 0.15) is 61.7 Å². The Morgan fingerprint density at radius 2 is 1.11 bits per heavy atom. The van der Waals surface area contributed by atoms with Crippen molar-refractivity contribution in [2.75, 3.05) is 31.1 Å². The van der Waals surface area contributed by atoms with E-state index in [-0.39, 0.29) is 47.1 Å². The van der Waals surface area contributed by atoms with Crippen molar-refractivity contribution in [1.82, 2.24) is 24.4 Å². The van der Waals surface area contributed by atoms with E-state index < -0.39 is 22.5 Å². The lowest BCUT2D eigenvalue weighted by Gasteiger charge is -2.36. The Labute approximate surface area is 364 Å². The molecule has 324 valence electrons. The first-order valence-corrected chi connectivity index (χ1v) is 20.9. The van der Waals surface area contributed by atoms with Crippen LogP contribution in [0.25, 0.3) is 22.5 Å². The summed E-state index contributed by atoms with van der Waals surface area (Å²) in [5, 5.41) is 46.4. The average molecular weight is 865 g/mol. The summed E-state index contributed by atoms with van der Waals surface area (Å²) in [6, 6.07) is 29.0. The number of halogens is 2. The van der Waals surface area contributed by atoms with Gasteiger partial charge in [0.25, 0.3) is 5.69 Å². The number of piperidine rings is 2. The number of benzene rings is 4. The molecule has 4 aromatic carbocycles. The molecule has 6 aromatic rings. The van der Waals surface area contributed by atoms with Crippen LogP contribution in [0.2, 0.25) is 0 Å². The number of nitro groups is 2. The number of imidazole rings is 2. The van der Waals surface area contributed by atoms with Crippen molar-refractivity contribution >= 4 is 29.5 Å². The number of aliphatic hydroxyl groups is 2. The third kappa shape index (κ3) is 9.26. The van der Waals surface area contributed by atoms with Crippen LogP contribution >= 0.6 is 12.4 Å². The molecular formula is C46H50ClFN8O6. The van der Waals surface area contributed by atoms with Crippen molar-refractivity contribution in [3.63, 3.8) is 0 Å². The third-order valence-corrected chi connectivity index (χ3v) is 12.6. The quantitative estimate of drug-likeness (QED) is 0.0945. The second-order valence-electron chi connectivity index (χ2n) is 16.1. The second kappa shape index (κ2) is 19.8. The Hall–Kier alpha value is -6.00. The first-order chi connectivity index (χ1) is 29.7. The van der Waals surface area contributed by atoms with Gasteiger partial charge < -0.3 is 29.6 Å². The summed E-state index contributed by atoms with van der Waals surface area (Å²) in [6.45, 7) is 3.48. The molecule has 4 aliphatic rings. The summed E-state index contributed by atoms with van der Waals surface area (Å²) < 4.78 is 16.8. The normalized spacial score (nSPS) is 18.6. The molecule has 3 N–H and O–H groups in total. The second-order valence-corrected chi connectivity index (χ2v) is 16.1. The van der Waals surface area contributed by atoms with Crippen LogP contribution in [0.3, 0.4) is 0 Å². The highest BCUT2D eigenvalue weighted by atomic mass is 35.5. The van der Waals surface area contributed by atoms with E-state index in [0.29, 0.717) is 31.1 Å². The SMILES string of the molecule is Cl.O=[N+]([O-])c1ccccc1F.O=[N+]([O-])c1ccccc1N1CCC(C(O)CC2c3ccccc3-c3cncn32)CC1.OC(CC1c2ccccc2-c2cncn21)C1CCNCC1. The van der Waals surface area contributed by atoms with Gasteiger partial charge in [-0.3, -0.25) is 20.2 Å². The van der Waals surface area contributed by atoms with Gasteiger partial charge in [-0.15, -0.1) is 12.4 Å². The summed E-state index contributed by atoms with van der Waals surface area (Å²) in [7, 11) is 0. The minimum atomic E-state index is -0.799. The van der Waals surface area contributed by atoms with Crippen molar-refractivity contribution in [2.24, 2.45) is 11.8 Å². The van der Waals surface area contributed by atoms with Gasteiger partial charge in [-0.1, -0.05) is 72.8 Å². The Morgan fingerprint density at radius 3 is 1.61 bits per heavy atom. The molecule has 16 heteroatoms. The maximum Gasteiger partial charge on any atom is 0.304 e. The number of anilines is 1. The van der Waals surface area contributed by atoms with E-state index in [4.69, 9.17) is 0 Å². The number of hydrogen-bond donors (Lipinski definition) is 3. The zero-order valence-corrected chi connectivity index (χ0v) is 34.8. The van der Waals surface area contributed by atoms with Crippen molar-refractivity contribution in [3.05, 3.63) is 159 Å². The Balaban J connectivity index is 0.000000156. The topological polar surface area (TPSA) is 178 Å². The van der Waals surface area contributed by atoms with Crippen LogP contribution in [0, 0.1) is 37.9 Å². The fraction of sp³-hybridized carbons (Fsp3) is 0.348. The Morgan fingerprint density at radius 1 is 0.661 bits per heavy atom. The van der Waals surface area contributed by atoms with E-state index >= 15 is 0 Å². The molecule has 4 aliphatic heterocycles. The highest BCUT2D eigenvalue weighted by molar-refractivity contribution is 5.85. The molecule has 0 bridgehead atoms. The van der Waals surface area contributed by atoms with Gasteiger partial charge in [0.05, 0.1) is 70.6 Å². The molecule has 4 atom stereocenters. The summed E-state index contributed by atoms with van der Waals surface area (Å²) in [6.07, 6.45) is 12.1. The van der Waals surface area contributed by atoms with Crippen LogP contribution in [-0.2, 0) is 0 Å². The van der Waals surface area contributed by atoms with Gasteiger partial charge >= 0.3 is 5.69 Å². The summed E-state index contributed by atoms with van der Waals surface area (Å²) in [5.74, 6) is -0.192.